The summed E-state index contributed by atoms with van der Waals surface area (Å²) in [6.07, 6.45) is 0. The summed E-state index contributed by atoms with van der Waals surface area (Å²) in [6.45, 7) is 1.90. The summed E-state index contributed by atoms with van der Waals surface area (Å²) in [7, 11) is 0. The average molecular weight is 458 g/mol. The number of rotatable bonds is 7. The molecule has 0 aliphatic carbocycles. The van der Waals surface area contributed by atoms with Crippen molar-refractivity contribution in [3.8, 4) is 0 Å². The number of nitrogen functional groups attached to an aromatic ring is 1. The number of hydrogen-bond acceptors (Lipinski definition) is 6. The third-order valence-corrected chi connectivity index (χ3v) is 5.66. The fourth-order valence-electron chi connectivity index (χ4n) is 2.91. The van der Waals surface area contributed by atoms with Crippen LogP contribution in [0, 0.1) is 0 Å². The molecule has 1 heterocycles. The van der Waals surface area contributed by atoms with Gasteiger partial charge in [0.15, 0.2) is 5.69 Å². The number of amides is 3. The number of aromatic nitrogens is 1. The predicted octanol–water partition coefficient (Wildman–Crippen LogP) is 2.83. The highest BCUT2D eigenvalue weighted by Gasteiger charge is 2.32. The Morgan fingerprint density at radius 3 is 2.35 bits per heavy atom. The number of nitrogens with one attached hydrogen (secondary N) is 1. The summed E-state index contributed by atoms with van der Waals surface area (Å²) < 4.78 is 3.88. The third-order valence-electron chi connectivity index (χ3n) is 4.56. The number of benzene rings is 2. The lowest BCUT2D eigenvalue weighted by Gasteiger charge is -2.28. The molecule has 3 aromatic rings. The van der Waals surface area contributed by atoms with Crippen LogP contribution in [-0.2, 0) is 11.3 Å². The first kappa shape index (κ1) is 22.3. The fourth-order valence-corrected chi connectivity index (χ4v) is 3.78. The van der Waals surface area contributed by atoms with E-state index in [1.54, 1.807) is 31.2 Å². The van der Waals surface area contributed by atoms with Crippen molar-refractivity contribution in [1.82, 2.24) is 9.69 Å². The van der Waals surface area contributed by atoms with E-state index in [0.29, 0.717) is 17.3 Å². The van der Waals surface area contributed by atoms with Crippen LogP contribution in [0.25, 0.3) is 0 Å². The van der Waals surface area contributed by atoms with E-state index in [0.717, 1.165) is 17.1 Å². The van der Waals surface area contributed by atoms with Crippen molar-refractivity contribution in [3.63, 3.8) is 0 Å². The van der Waals surface area contributed by atoms with E-state index in [2.05, 4.69) is 9.69 Å². The lowest BCUT2D eigenvalue weighted by Crippen LogP contribution is -2.48. The molecule has 10 heteroatoms. The van der Waals surface area contributed by atoms with Gasteiger partial charge < -0.3 is 16.8 Å². The second-order valence-corrected chi connectivity index (χ2v) is 7.88. The first-order valence-electron chi connectivity index (χ1n) is 9.25. The summed E-state index contributed by atoms with van der Waals surface area (Å²) in [6, 6.07) is 15.0. The van der Waals surface area contributed by atoms with Gasteiger partial charge in [-0.2, -0.15) is 4.37 Å². The van der Waals surface area contributed by atoms with Crippen LogP contribution in [0.4, 0.5) is 11.4 Å². The zero-order valence-electron chi connectivity index (χ0n) is 16.5. The van der Waals surface area contributed by atoms with Crippen LogP contribution in [0.15, 0.2) is 54.6 Å². The van der Waals surface area contributed by atoms with Crippen molar-refractivity contribution in [1.29, 1.82) is 0 Å². The van der Waals surface area contributed by atoms with Gasteiger partial charge in [0, 0.05) is 17.3 Å². The quantitative estimate of drug-likeness (QED) is 0.502. The molecule has 0 bridgehead atoms. The van der Waals surface area contributed by atoms with Crippen LogP contribution in [-0.4, -0.2) is 28.1 Å². The lowest BCUT2D eigenvalue weighted by atomic mass is 10.1. The fraction of sp³-hybridized carbons (Fsp3) is 0.143. The average Bonchev–Trinajstić information content (AvgIpc) is 3.15. The van der Waals surface area contributed by atoms with Gasteiger partial charge in [0.25, 0.3) is 11.8 Å². The molecule has 1 aromatic heterocycles. The zero-order chi connectivity index (χ0) is 22.5. The molecular formula is C21H20ClN5O3S. The number of primary amides is 1. The number of nitrogens with zero attached hydrogens (tertiary/aromatic N) is 2. The first-order chi connectivity index (χ1) is 14.8. The van der Waals surface area contributed by atoms with Crippen LogP contribution in [0.5, 0.6) is 0 Å². The molecule has 31 heavy (non-hydrogen) atoms. The van der Waals surface area contributed by atoms with Gasteiger partial charge in [0.2, 0.25) is 5.91 Å². The zero-order valence-corrected chi connectivity index (χ0v) is 18.1. The number of anilines is 2. The minimum absolute atomic E-state index is 0.0199. The monoisotopic (exact) mass is 457 g/mol. The first-order valence-corrected chi connectivity index (χ1v) is 10.4. The highest BCUT2D eigenvalue weighted by molar-refractivity contribution is 7.09. The Balaban J connectivity index is 1.90. The molecule has 0 spiro atoms. The van der Waals surface area contributed by atoms with Crippen molar-refractivity contribution in [2.75, 3.05) is 10.6 Å². The molecule has 8 nitrogen and oxygen atoms in total. The van der Waals surface area contributed by atoms with Gasteiger partial charge in [-0.15, -0.1) is 0 Å². The van der Waals surface area contributed by atoms with Crippen molar-refractivity contribution in [2.24, 2.45) is 5.73 Å². The summed E-state index contributed by atoms with van der Waals surface area (Å²) in [4.78, 5) is 39.0. The van der Waals surface area contributed by atoms with Crippen molar-refractivity contribution in [3.05, 3.63) is 75.8 Å². The number of carbonyl (C=O) groups excluding carboxylic acids is 3. The van der Waals surface area contributed by atoms with Gasteiger partial charge in [0.05, 0.1) is 5.69 Å². The van der Waals surface area contributed by atoms with Crippen LogP contribution in [0.3, 0.4) is 0 Å². The normalized spacial score (nSPS) is 11.5. The summed E-state index contributed by atoms with van der Waals surface area (Å²) in [5.41, 5.74) is 12.3. The molecule has 0 saturated carbocycles. The highest BCUT2D eigenvalue weighted by Crippen LogP contribution is 2.28. The Bertz CT molecular complexity index is 1100. The van der Waals surface area contributed by atoms with Crippen LogP contribution < -0.4 is 21.7 Å². The molecule has 0 saturated heterocycles. The van der Waals surface area contributed by atoms with E-state index in [-0.39, 0.29) is 22.2 Å². The van der Waals surface area contributed by atoms with Crippen molar-refractivity contribution in [2.45, 2.75) is 19.5 Å². The number of carbonyl (C=O) groups is 3. The SMILES string of the molecule is CC(C(=O)NCc1ccccc1)N(C(=O)c1snc(C(N)=O)c1N)c1ccc(Cl)cc1. The molecule has 3 amide bonds. The van der Waals surface area contributed by atoms with E-state index in [1.165, 1.54) is 4.90 Å². The second-order valence-electron chi connectivity index (χ2n) is 6.67. The molecule has 1 atom stereocenters. The molecule has 0 aliphatic heterocycles. The van der Waals surface area contributed by atoms with Gasteiger partial charge in [-0.1, -0.05) is 41.9 Å². The Morgan fingerprint density at radius 1 is 1.13 bits per heavy atom. The Labute approximate surface area is 188 Å². The Kier molecular flexibility index (Phi) is 6.88. The molecular weight excluding hydrogens is 438 g/mol. The minimum Gasteiger partial charge on any atom is -0.395 e. The van der Waals surface area contributed by atoms with Gasteiger partial charge in [-0.05, 0) is 48.3 Å². The molecule has 0 radical (unpaired) electrons. The number of hydrogen-bond donors (Lipinski definition) is 3. The van der Waals surface area contributed by atoms with Crippen molar-refractivity contribution >= 4 is 52.2 Å². The molecule has 0 aliphatic rings. The van der Waals surface area contributed by atoms with Crippen LogP contribution in [0.1, 0.15) is 32.6 Å². The van der Waals surface area contributed by atoms with Gasteiger partial charge in [-0.25, -0.2) is 0 Å². The standard InChI is InChI=1S/C21H20ClN5O3S/c1-12(20(29)25-11-13-5-3-2-4-6-13)27(15-9-7-14(22)8-10-15)21(30)18-16(23)17(19(24)28)26-31-18/h2-10,12H,11,23H2,1H3,(H2,24,28)(H,25,29). The van der Waals surface area contributed by atoms with E-state index in [1.807, 2.05) is 30.3 Å². The summed E-state index contributed by atoms with van der Waals surface area (Å²) in [5.74, 6) is -1.78. The Hall–Kier alpha value is -3.43. The molecule has 160 valence electrons. The minimum atomic E-state index is -0.893. The maximum Gasteiger partial charge on any atom is 0.272 e. The number of halogens is 1. The lowest BCUT2D eigenvalue weighted by molar-refractivity contribution is -0.122. The van der Waals surface area contributed by atoms with Gasteiger partial charge >= 0.3 is 0 Å². The van der Waals surface area contributed by atoms with Crippen molar-refractivity contribution < 1.29 is 14.4 Å². The van der Waals surface area contributed by atoms with Crippen LogP contribution >= 0.6 is 23.1 Å². The molecule has 1 unspecified atom stereocenters. The van der Waals surface area contributed by atoms with Gasteiger partial charge in [-0.3, -0.25) is 19.3 Å². The van der Waals surface area contributed by atoms with E-state index in [4.69, 9.17) is 23.1 Å². The summed E-state index contributed by atoms with van der Waals surface area (Å²) >= 11 is 6.73. The molecule has 2 aromatic carbocycles. The predicted molar refractivity (Wildman–Crippen MR) is 121 cm³/mol. The maximum atomic E-state index is 13.4. The molecule has 0 fully saturated rings. The van der Waals surface area contributed by atoms with E-state index >= 15 is 0 Å². The van der Waals surface area contributed by atoms with E-state index in [9.17, 15) is 14.4 Å². The molecule has 3 rings (SSSR count). The Morgan fingerprint density at radius 2 is 1.77 bits per heavy atom. The third kappa shape index (κ3) is 5.01. The highest BCUT2D eigenvalue weighted by atomic mass is 35.5. The summed E-state index contributed by atoms with van der Waals surface area (Å²) in [5, 5.41) is 3.31. The molecule has 5 N–H and O–H groups in total. The number of nitrogens with two attached hydrogens (primary N) is 2. The van der Waals surface area contributed by atoms with Crippen LogP contribution in [0.2, 0.25) is 5.02 Å². The second kappa shape index (κ2) is 9.59. The topological polar surface area (TPSA) is 131 Å². The van der Waals surface area contributed by atoms with E-state index < -0.39 is 17.9 Å². The smallest absolute Gasteiger partial charge is 0.272 e. The largest absolute Gasteiger partial charge is 0.395 e. The maximum absolute atomic E-state index is 13.4. The van der Waals surface area contributed by atoms with Gasteiger partial charge in [0.1, 0.15) is 10.9 Å².